The third kappa shape index (κ3) is 3.02. The van der Waals surface area contributed by atoms with Crippen molar-refractivity contribution in [3.05, 3.63) is 83.3 Å². The van der Waals surface area contributed by atoms with Gasteiger partial charge in [0, 0.05) is 4.47 Å². The second kappa shape index (κ2) is 6.97. The molecule has 0 nitrogen and oxygen atoms in total. The molecule has 23 heavy (non-hydrogen) atoms. The minimum absolute atomic E-state index is 1.11. The lowest BCUT2D eigenvalue weighted by atomic mass is 9.93. The van der Waals surface area contributed by atoms with E-state index in [1.54, 1.807) is 0 Å². The summed E-state index contributed by atoms with van der Waals surface area (Å²) in [6, 6.07) is 28.0. The second-order valence-corrected chi connectivity index (χ2v) is 6.11. The zero-order valence-electron chi connectivity index (χ0n) is 13.4. The summed E-state index contributed by atoms with van der Waals surface area (Å²) < 4.78 is 1.11. The molecule has 0 aromatic heterocycles. The first-order chi connectivity index (χ1) is 11.3. The Balaban J connectivity index is 0.000000753. The van der Waals surface area contributed by atoms with E-state index in [9.17, 15) is 0 Å². The second-order valence-electron chi connectivity index (χ2n) is 5.20. The van der Waals surface area contributed by atoms with Crippen molar-refractivity contribution < 1.29 is 0 Å². The number of hydrogen-bond donors (Lipinski definition) is 0. The summed E-state index contributed by atoms with van der Waals surface area (Å²) in [5.74, 6) is 0. The summed E-state index contributed by atoms with van der Waals surface area (Å²) in [6.07, 6.45) is 0. The van der Waals surface area contributed by atoms with E-state index in [0.29, 0.717) is 0 Å². The third-order valence-corrected chi connectivity index (χ3v) is 4.45. The Morgan fingerprint density at radius 2 is 1.17 bits per heavy atom. The van der Waals surface area contributed by atoms with Crippen LogP contribution in [0, 0.1) is 0 Å². The van der Waals surface area contributed by atoms with Crippen molar-refractivity contribution in [1.82, 2.24) is 0 Å². The van der Waals surface area contributed by atoms with Gasteiger partial charge in [-0.1, -0.05) is 90.4 Å². The Morgan fingerprint density at radius 3 is 1.87 bits per heavy atom. The van der Waals surface area contributed by atoms with Crippen LogP contribution in [0.25, 0.3) is 32.7 Å². The van der Waals surface area contributed by atoms with E-state index in [-0.39, 0.29) is 0 Å². The van der Waals surface area contributed by atoms with E-state index < -0.39 is 0 Å². The zero-order valence-corrected chi connectivity index (χ0v) is 15.0. The van der Waals surface area contributed by atoms with Gasteiger partial charge in [0.1, 0.15) is 0 Å². The molecule has 0 fully saturated rings. The molecule has 0 unspecified atom stereocenters. The van der Waals surface area contributed by atoms with Gasteiger partial charge in [-0.05, 0) is 50.9 Å². The Hall–Kier alpha value is -2.12. The van der Waals surface area contributed by atoms with E-state index >= 15 is 0 Å². The molecular weight excluding hydrogens is 344 g/mol. The topological polar surface area (TPSA) is 0 Å². The maximum absolute atomic E-state index is 3.51. The third-order valence-electron chi connectivity index (χ3n) is 3.92. The van der Waals surface area contributed by atoms with Crippen LogP contribution in [-0.2, 0) is 0 Å². The van der Waals surface area contributed by atoms with Crippen LogP contribution < -0.4 is 0 Å². The van der Waals surface area contributed by atoms with Gasteiger partial charge in [-0.15, -0.1) is 0 Å². The molecule has 0 bridgehead atoms. The van der Waals surface area contributed by atoms with E-state index in [1.165, 1.54) is 32.7 Å². The molecule has 0 amide bonds. The lowest BCUT2D eigenvalue weighted by Crippen LogP contribution is -1.84. The average Bonchev–Trinajstić information content (AvgIpc) is 2.63. The highest BCUT2D eigenvalue weighted by Crippen LogP contribution is 2.35. The van der Waals surface area contributed by atoms with Crippen molar-refractivity contribution in [2.75, 3.05) is 0 Å². The van der Waals surface area contributed by atoms with Crippen molar-refractivity contribution in [1.29, 1.82) is 0 Å². The Morgan fingerprint density at radius 1 is 0.609 bits per heavy atom. The summed E-state index contributed by atoms with van der Waals surface area (Å²) in [7, 11) is 0. The predicted octanol–water partition coefficient (Wildman–Crippen LogP) is 7.45. The molecule has 0 atom stereocenters. The largest absolute Gasteiger partial charge is 0.0683 e. The highest BCUT2D eigenvalue weighted by molar-refractivity contribution is 9.10. The lowest BCUT2D eigenvalue weighted by molar-refractivity contribution is 1.50. The number of rotatable bonds is 1. The van der Waals surface area contributed by atoms with Gasteiger partial charge in [-0.2, -0.15) is 0 Å². The Bertz CT molecular complexity index is 937. The SMILES string of the molecule is Brc1ccc(-c2cc3ccccc3c3ccccc23)cc1.CC. The van der Waals surface area contributed by atoms with Crippen LogP contribution in [-0.4, -0.2) is 0 Å². The van der Waals surface area contributed by atoms with Gasteiger partial charge in [0.15, 0.2) is 0 Å². The molecule has 1 heteroatoms. The number of halogens is 1. The van der Waals surface area contributed by atoms with Gasteiger partial charge in [-0.3, -0.25) is 0 Å². The fraction of sp³-hybridized carbons (Fsp3) is 0.0909. The van der Waals surface area contributed by atoms with Crippen molar-refractivity contribution in [3.8, 4) is 11.1 Å². The molecule has 0 radical (unpaired) electrons. The Labute approximate surface area is 145 Å². The highest BCUT2D eigenvalue weighted by atomic mass is 79.9. The fourth-order valence-electron chi connectivity index (χ4n) is 2.92. The first kappa shape index (κ1) is 15.8. The van der Waals surface area contributed by atoms with Crippen molar-refractivity contribution in [3.63, 3.8) is 0 Å². The Kier molecular flexibility index (Phi) is 4.78. The molecule has 0 aliphatic rings. The molecule has 4 rings (SSSR count). The van der Waals surface area contributed by atoms with E-state index in [0.717, 1.165) is 4.47 Å². The van der Waals surface area contributed by atoms with Crippen LogP contribution in [0.1, 0.15) is 13.8 Å². The smallest absolute Gasteiger partial charge is 0.0175 e. The maximum Gasteiger partial charge on any atom is 0.0175 e. The normalized spacial score (nSPS) is 10.4. The molecular formula is C22H19Br. The van der Waals surface area contributed by atoms with Crippen molar-refractivity contribution >= 4 is 37.5 Å². The van der Waals surface area contributed by atoms with Gasteiger partial charge in [-0.25, -0.2) is 0 Å². The van der Waals surface area contributed by atoms with Crippen LogP contribution in [0.3, 0.4) is 0 Å². The molecule has 4 aromatic carbocycles. The molecule has 0 heterocycles. The quantitative estimate of drug-likeness (QED) is 0.308. The molecule has 0 saturated carbocycles. The molecule has 114 valence electrons. The molecule has 4 aromatic rings. The molecule has 0 aliphatic heterocycles. The lowest BCUT2D eigenvalue weighted by Gasteiger charge is -2.11. The standard InChI is InChI=1S/C20H13Br.C2H6/c21-16-11-9-14(10-12-16)20-13-15-5-1-2-6-17(15)18-7-3-4-8-19(18)20;1-2/h1-13H;1-2H3. The van der Waals surface area contributed by atoms with E-state index in [1.807, 2.05) is 13.8 Å². The van der Waals surface area contributed by atoms with Crippen LogP contribution >= 0.6 is 15.9 Å². The first-order valence-electron chi connectivity index (χ1n) is 7.99. The summed E-state index contributed by atoms with van der Waals surface area (Å²) in [6.45, 7) is 4.00. The predicted molar refractivity (Wildman–Crippen MR) is 106 cm³/mol. The average molecular weight is 363 g/mol. The summed E-state index contributed by atoms with van der Waals surface area (Å²) in [5, 5.41) is 5.22. The maximum atomic E-state index is 3.51. The highest BCUT2D eigenvalue weighted by Gasteiger charge is 2.07. The summed E-state index contributed by atoms with van der Waals surface area (Å²) in [4.78, 5) is 0. The van der Waals surface area contributed by atoms with Crippen molar-refractivity contribution in [2.45, 2.75) is 13.8 Å². The first-order valence-corrected chi connectivity index (χ1v) is 8.79. The summed E-state index contributed by atoms with van der Waals surface area (Å²) >= 11 is 3.51. The fourth-order valence-corrected chi connectivity index (χ4v) is 3.19. The van der Waals surface area contributed by atoms with Gasteiger partial charge >= 0.3 is 0 Å². The van der Waals surface area contributed by atoms with E-state index in [2.05, 4.69) is 94.8 Å². The molecule has 0 aliphatic carbocycles. The van der Waals surface area contributed by atoms with Crippen LogP contribution in [0.15, 0.2) is 83.3 Å². The monoisotopic (exact) mass is 362 g/mol. The molecule has 0 saturated heterocycles. The number of hydrogen-bond acceptors (Lipinski definition) is 0. The van der Waals surface area contributed by atoms with Gasteiger partial charge in [0.2, 0.25) is 0 Å². The van der Waals surface area contributed by atoms with E-state index in [4.69, 9.17) is 0 Å². The minimum Gasteiger partial charge on any atom is -0.0683 e. The van der Waals surface area contributed by atoms with Gasteiger partial charge < -0.3 is 0 Å². The zero-order chi connectivity index (χ0) is 16.2. The van der Waals surface area contributed by atoms with Crippen molar-refractivity contribution in [2.24, 2.45) is 0 Å². The van der Waals surface area contributed by atoms with Crippen LogP contribution in [0.5, 0.6) is 0 Å². The number of benzene rings is 4. The van der Waals surface area contributed by atoms with Crippen LogP contribution in [0.2, 0.25) is 0 Å². The van der Waals surface area contributed by atoms with Gasteiger partial charge in [0.25, 0.3) is 0 Å². The summed E-state index contributed by atoms with van der Waals surface area (Å²) in [5.41, 5.74) is 2.54. The molecule has 0 N–H and O–H groups in total. The number of fused-ring (bicyclic) bond motifs is 3. The van der Waals surface area contributed by atoms with Gasteiger partial charge in [0.05, 0.1) is 0 Å². The minimum atomic E-state index is 1.11. The molecule has 0 spiro atoms. The van der Waals surface area contributed by atoms with Crippen LogP contribution in [0.4, 0.5) is 0 Å².